The summed E-state index contributed by atoms with van der Waals surface area (Å²) in [6.07, 6.45) is 0.207. The molecule has 146 valence electrons. The number of fused-ring (bicyclic) bond motifs is 1. The third-order valence-corrected chi connectivity index (χ3v) is 4.89. The molecule has 3 aromatic rings. The van der Waals surface area contributed by atoms with Crippen molar-refractivity contribution in [1.82, 2.24) is 0 Å². The molecule has 1 heterocycles. The molecule has 0 fully saturated rings. The number of anilines is 2. The van der Waals surface area contributed by atoms with Crippen LogP contribution in [0.3, 0.4) is 0 Å². The van der Waals surface area contributed by atoms with Gasteiger partial charge in [-0.2, -0.15) is 0 Å². The molecule has 3 aromatic carbocycles. The molecule has 1 aliphatic rings. The second kappa shape index (κ2) is 7.67. The Hall–Kier alpha value is -3.80. The van der Waals surface area contributed by atoms with Gasteiger partial charge in [-0.3, -0.25) is 9.59 Å². The molecule has 6 nitrogen and oxygen atoms in total. The van der Waals surface area contributed by atoms with Gasteiger partial charge in [0.25, 0.3) is 5.91 Å². The fraction of sp³-hybridized carbons (Fsp3) is 0.130. The van der Waals surface area contributed by atoms with Gasteiger partial charge in [-0.05, 0) is 53.6 Å². The number of rotatable bonds is 5. The number of carbonyl (C=O) groups excluding carboxylic acids is 2. The number of amides is 2. The molecule has 0 spiro atoms. The van der Waals surface area contributed by atoms with Gasteiger partial charge in [-0.15, -0.1) is 0 Å². The first-order valence-electron chi connectivity index (χ1n) is 9.14. The molecular formula is C23H20N2O4. The van der Waals surface area contributed by atoms with Crippen molar-refractivity contribution in [1.29, 1.82) is 0 Å². The van der Waals surface area contributed by atoms with Crippen LogP contribution in [0, 0.1) is 0 Å². The lowest BCUT2D eigenvalue weighted by molar-refractivity contribution is -0.115. The predicted octanol–water partition coefficient (Wildman–Crippen LogP) is 4.12. The van der Waals surface area contributed by atoms with E-state index in [9.17, 15) is 9.59 Å². The average Bonchev–Trinajstić information content (AvgIpc) is 3.13. The van der Waals surface area contributed by atoms with Crippen LogP contribution in [0.25, 0.3) is 11.1 Å². The second-order valence-corrected chi connectivity index (χ2v) is 6.65. The Morgan fingerprint density at radius 3 is 2.52 bits per heavy atom. The molecule has 0 aromatic heterocycles. The van der Waals surface area contributed by atoms with E-state index < -0.39 is 0 Å². The topological polar surface area (TPSA) is 76.7 Å². The van der Waals surface area contributed by atoms with Crippen LogP contribution in [0.15, 0.2) is 60.7 Å². The van der Waals surface area contributed by atoms with Crippen molar-refractivity contribution < 1.29 is 19.1 Å². The van der Waals surface area contributed by atoms with E-state index in [2.05, 4.69) is 10.6 Å². The van der Waals surface area contributed by atoms with E-state index in [-0.39, 0.29) is 18.2 Å². The number of nitrogens with one attached hydrogen (secondary N) is 2. The zero-order valence-electron chi connectivity index (χ0n) is 16.1. The third-order valence-electron chi connectivity index (χ3n) is 4.89. The maximum atomic E-state index is 12.9. The van der Waals surface area contributed by atoms with Crippen molar-refractivity contribution in [3.8, 4) is 22.6 Å². The highest BCUT2D eigenvalue weighted by atomic mass is 16.5. The van der Waals surface area contributed by atoms with Gasteiger partial charge in [0.1, 0.15) is 11.5 Å². The van der Waals surface area contributed by atoms with Gasteiger partial charge in [0.15, 0.2) is 0 Å². The van der Waals surface area contributed by atoms with Crippen LogP contribution in [-0.4, -0.2) is 26.0 Å². The summed E-state index contributed by atoms with van der Waals surface area (Å²) in [5.41, 5.74) is 4.33. The molecule has 2 N–H and O–H groups in total. The normalized spacial score (nSPS) is 12.1. The first-order valence-corrected chi connectivity index (χ1v) is 9.14. The lowest BCUT2D eigenvalue weighted by Gasteiger charge is -2.13. The molecule has 0 aliphatic carbocycles. The van der Waals surface area contributed by atoms with E-state index in [1.165, 1.54) is 0 Å². The summed E-state index contributed by atoms with van der Waals surface area (Å²) in [5, 5.41) is 5.69. The first-order chi connectivity index (χ1) is 14.1. The Morgan fingerprint density at radius 2 is 1.79 bits per heavy atom. The van der Waals surface area contributed by atoms with Crippen molar-refractivity contribution >= 4 is 23.2 Å². The summed E-state index contributed by atoms with van der Waals surface area (Å²) in [4.78, 5) is 24.6. The fourth-order valence-corrected chi connectivity index (χ4v) is 3.44. The van der Waals surface area contributed by atoms with E-state index in [1.54, 1.807) is 38.5 Å². The van der Waals surface area contributed by atoms with Crippen LogP contribution < -0.4 is 20.1 Å². The second-order valence-electron chi connectivity index (χ2n) is 6.65. The Morgan fingerprint density at radius 1 is 1.00 bits per heavy atom. The minimum atomic E-state index is -0.260. The molecular weight excluding hydrogens is 368 g/mol. The number of hydrogen-bond donors (Lipinski definition) is 2. The lowest BCUT2D eigenvalue weighted by atomic mass is 10.0. The van der Waals surface area contributed by atoms with Crippen molar-refractivity contribution in [2.24, 2.45) is 0 Å². The number of methoxy groups -OCH3 is 2. The van der Waals surface area contributed by atoms with Crippen LogP contribution in [0.2, 0.25) is 0 Å². The lowest BCUT2D eigenvalue weighted by Crippen LogP contribution is -2.14. The van der Waals surface area contributed by atoms with Crippen LogP contribution in [0.1, 0.15) is 15.9 Å². The maximum absolute atomic E-state index is 12.9. The molecule has 0 atom stereocenters. The summed E-state index contributed by atoms with van der Waals surface area (Å²) < 4.78 is 10.7. The molecule has 2 amide bonds. The Kier molecular flexibility index (Phi) is 4.91. The standard InChI is InChI=1S/C23H20N2O4/c1-28-16-9-6-14(7-10-16)18-12-15(8-11-21(18)29-2)24-23(27)17-4-3-5-20-19(17)13-22(26)25-20/h3-12H,13H2,1-2H3,(H,24,27)(H,25,26). The molecule has 0 unspecified atom stereocenters. The van der Waals surface area contributed by atoms with Crippen LogP contribution >= 0.6 is 0 Å². The highest BCUT2D eigenvalue weighted by Crippen LogP contribution is 2.34. The van der Waals surface area contributed by atoms with Crippen LogP contribution in [0.4, 0.5) is 11.4 Å². The summed E-state index contributed by atoms with van der Waals surface area (Å²) in [7, 11) is 3.23. The monoisotopic (exact) mass is 388 g/mol. The molecule has 0 saturated carbocycles. The highest BCUT2D eigenvalue weighted by molar-refractivity contribution is 6.10. The third kappa shape index (κ3) is 3.65. The fourth-order valence-electron chi connectivity index (χ4n) is 3.44. The maximum Gasteiger partial charge on any atom is 0.256 e. The zero-order chi connectivity index (χ0) is 20.4. The van der Waals surface area contributed by atoms with E-state index in [1.807, 2.05) is 36.4 Å². The van der Waals surface area contributed by atoms with Crippen molar-refractivity contribution in [3.05, 3.63) is 71.8 Å². The van der Waals surface area contributed by atoms with E-state index in [4.69, 9.17) is 9.47 Å². The average molecular weight is 388 g/mol. The van der Waals surface area contributed by atoms with Gasteiger partial charge >= 0.3 is 0 Å². The minimum Gasteiger partial charge on any atom is -0.497 e. The van der Waals surface area contributed by atoms with Crippen LogP contribution in [0.5, 0.6) is 11.5 Å². The van der Waals surface area contributed by atoms with Gasteiger partial charge in [0.05, 0.1) is 20.6 Å². The van der Waals surface area contributed by atoms with E-state index in [0.717, 1.165) is 22.4 Å². The van der Waals surface area contributed by atoms with Gasteiger partial charge in [-0.25, -0.2) is 0 Å². The SMILES string of the molecule is COc1ccc(-c2cc(NC(=O)c3cccc4c3CC(=O)N4)ccc2OC)cc1. The zero-order valence-corrected chi connectivity index (χ0v) is 16.1. The quantitative estimate of drug-likeness (QED) is 0.689. The van der Waals surface area contributed by atoms with E-state index >= 15 is 0 Å². The largest absolute Gasteiger partial charge is 0.497 e. The number of benzene rings is 3. The summed E-state index contributed by atoms with van der Waals surface area (Å²) in [6.45, 7) is 0. The minimum absolute atomic E-state index is 0.105. The van der Waals surface area contributed by atoms with Crippen molar-refractivity contribution in [2.45, 2.75) is 6.42 Å². The van der Waals surface area contributed by atoms with E-state index in [0.29, 0.717) is 22.7 Å². The van der Waals surface area contributed by atoms with Gasteiger partial charge in [0.2, 0.25) is 5.91 Å². The molecule has 6 heteroatoms. The van der Waals surface area contributed by atoms with Gasteiger partial charge in [-0.1, -0.05) is 18.2 Å². The smallest absolute Gasteiger partial charge is 0.256 e. The molecule has 1 aliphatic heterocycles. The molecule has 0 radical (unpaired) electrons. The molecule has 0 bridgehead atoms. The van der Waals surface area contributed by atoms with Crippen molar-refractivity contribution in [3.63, 3.8) is 0 Å². The summed E-state index contributed by atoms with van der Waals surface area (Å²) in [5.74, 6) is 1.09. The van der Waals surface area contributed by atoms with Crippen LogP contribution in [-0.2, 0) is 11.2 Å². The molecule has 29 heavy (non-hydrogen) atoms. The van der Waals surface area contributed by atoms with Gasteiger partial charge < -0.3 is 20.1 Å². The predicted molar refractivity (Wildman–Crippen MR) is 112 cm³/mol. The number of ether oxygens (including phenoxy) is 2. The Labute approximate surface area is 168 Å². The van der Waals surface area contributed by atoms with Gasteiger partial charge in [0, 0.05) is 22.5 Å². The Balaban J connectivity index is 1.64. The number of hydrogen-bond acceptors (Lipinski definition) is 4. The Bertz CT molecular complexity index is 1090. The number of carbonyl (C=O) groups is 2. The molecule has 0 saturated heterocycles. The summed E-state index contributed by atoms with van der Waals surface area (Å²) >= 11 is 0. The first kappa shape index (κ1) is 18.6. The summed E-state index contributed by atoms with van der Waals surface area (Å²) in [6, 6.07) is 18.4. The van der Waals surface area contributed by atoms with Crippen molar-refractivity contribution in [2.75, 3.05) is 24.9 Å². The highest BCUT2D eigenvalue weighted by Gasteiger charge is 2.23. The molecule has 4 rings (SSSR count).